The first-order chi connectivity index (χ1) is 9.16. The van der Waals surface area contributed by atoms with E-state index in [1.807, 2.05) is 0 Å². The maximum Gasteiger partial charge on any atom is 0.319 e. The molecule has 0 radical (unpaired) electrons. The summed E-state index contributed by atoms with van der Waals surface area (Å²) in [5.74, 6) is -0.0549. The number of urea groups is 1. The lowest BCUT2D eigenvalue weighted by atomic mass is 9.89. The summed E-state index contributed by atoms with van der Waals surface area (Å²) in [5, 5.41) is 5.27. The molecule has 0 atom stereocenters. The number of amides is 2. The van der Waals surface area contributed by atoms with E-state index >= 15 is 0 Å². The van der Waals surface area contributed by atoms with Crippen LogP contribution in [0.3, 0.4) is 0 Å². The Morgan fingerprint density at radius 3 is 2.79 bits per heavy atom. The average Bonchev–Trinajstić information content (AvgIpc) is 2.43. The van der Waals surface area contributed by atoms with Crippen LogP contribution in [0.1, 0.15) is 32.1 Å². The largest absolute Gasteiger partial charge is 0.338 e. The minimum absolute atomic E-state index is 0.00470. The molecule has 104 valence electrons. The lowest BCUT2D eigenvalue weighted by Gasteiger charge is -2.21. The van der Waals surface area contributed by atoms with E-state index in [0.717, 1.165) is 12.8 Å². The molecule has 1 aromatic rings. The van der Waals surface area contributed by atoms with Gasteiger partial charge in [-0.1, -0.05) is 36.9 Å². The summed E-state index contributed by atoms with van der Waals surface area (Å²) in [6.07, 6.45) is 6.07. The van der Waals surface area contributed by atoms with Crippen molar-refractivity contribution in [3.8, 4) is 0 Å². The molecule has 2 rings (SSSR count). The van der Waals surface area contributed by atoms with Gasteiger partial charge in [-0.25, -0.2) is 9.18 Å². The molecule has 0 bridgehead atoms. The average molecular weight is 285 g/mol. The smallest absolute Gasteiger partial charge is 0.319 e. The second-order valence-corrected chi connectivity index (χ2v) is 5.35. The van der Waals surface area contributed by atoms with Crippen molar-refractivity contribution in [2.24, 2.45) is 5.92 Å². The fraction of sp³-hybridized carbons (Fsp3) is 0.500. The van der Waals surface area contributed by atoms with Crippen LogP contribution in [0.5, 0.6) is 0 Å². The van der Waals surface area contributed by atoms with E-state index in [9.17, 15) is 9.18 Å². The number of hydrogen-bond acceptors (Lipinski definition) is 1. The van der Waals surface area contributed by atoms with Crippen LogP contribution in [0.15, 0.2) is 18.2 Å². The molecule has 0 aromatic heterocycles. The van der Waals surface area contributed by atoms with E-state index in [2.05, 4.69) is 10.6 Å². The van der Waals surface area contributed by atoms with Crippen LogP contribution < -0.4 is 10.6 Å². The van der Waals surface area contributed by atoms with E-state index in [-0.39, 0.29) is 16.7 Å². The third kappa shape index (κ3) is 4.10. The first kappa shape index (κ1) is 14.1. The van der Waals surface area contributed by atoms with Crippen molar-refractivity contribution in [3.05, 3.63) is 29.0 Å². The molecule has 1 aliphatic rings. The Morgan fingerprint density at radius 1 is 1.32 bits per heavy atom. The van der Waals surface area contributed by atoms with E-state index in [1.165, 1.54) is 31.4 Å². The topological polar surface area (TPSA) is 41.1 Å². The van der Waals surface area contributed by atoms with Gasteiger partial charge >= 0.3 is 6.03 Å². The number of benzene rings is 1. The molecule has 3 nitrogen and oxygen atoms in total. The molecule has 2 N–H and O–H groups in total. The number of hydrogen-bond donors (Lipinski definition) is 2. The zero-order chi connectivity index (χ0) is 13.7. The second-order valence-electron chi connectivity index (χ2n) is 4.94. The lowest BCUT2D eigenvalue weighted by molar-refractivity contribution is 0.247. The van der Waals surface area contributed by atoms with E-state index in [0.29, 0.717) is 12.5 Å². The highest BCUT2D eigenvalue weighted by Crippen LogP contribution is 2.23. The van der Waals surface area contributed by atoms with Crippen molar-refractivity contribution in [2.45, 2.75) is 32.1 Å². The molecule has 5 heteroatoms. The van der Waals surface area contributed by atoms with Crippen molar-refractivity contribution >= 4 is 23.3 Å². The standard InChI is InChI=1S/C14H18ClFN2O/c15-11-7-4-8-12(13(11)16)18-14(19)17-9-10-5-2-1-3-6-10/h4,7-8,10H,1-3,5-6,9H2,(H2,17,18,19). The third-order valence-electron chi connectivity index (χ3n) is 3.48. The predicted molar refractivity (Wildman–Crippen MR) is 75.0 cm³/mol. The van der Waals surface area contributed by atoms with Crippen LogP contribution in [0, 0.1) is 11.7 Å². The van der Waals surface area contributed by atoms with Crippen LogP contribution >= 0.6 is 11.6 Å². The summed E-state index contributed by atoms with van der Waals surface area (Å²) in [5.41, 5.74) is 0.105. The Bertz CT molecular complexity index is 447. The molecule has 1 aliphatic carbocycles. The number of anilines is 1. The monoisotopic (exact) mass is 284 g/mol. The Kier molecular flexibility index (Phi) is 5.02. The van der Waals surface area contributed by atoms with Gasteiger partial charge in [-0.05, 0) is 30.9 Å². The zero-order valence-electron chi connectivity index (χ0n) is 10.7. The van der Waals surface area contributed by atoms with Gasteiger partial charge in [0.2, 0.25) is 0 Å². The van der Waals surface area contributed by atoms with Gasteiger partial charge in [-0.2, -0.15) is 0 Å². The summed E-state index contributed by atoms with van der Waals surface area (Å²) in [4.78, 5) is 11.7. The molecule has 0 aliphatic heterocycles. The molecule has 0 saturated heterocycles. The van der Waals surface area contributed by atoms with Gasteiger partial charge in [0.05, 0.1) is 10.7 Å². The fourth-order valence-electron chi connectivity index (χ4n) is 2.40. The first-order valence-corrected chi connectivity index (χ1v) is 7.03. The second kappa shape index (κ2) is 6.75. The van der Waals surface area contributed by atoms with Crippen molar-refractivity contribution in [3.63, 3.8) is 0 Å². The lowest BCUT2D eigenvalue weighted by Crippen LogP contribution is -2.33. The Hall–Kier alpha value is -1.29. The number of nitrogens with one attached hydrogen (secondary N) is 2. The van der Waals surface area contributed by atoms with Crippen molar-refractivity contribution in [1.82, 2.24) is 5.32 Å². The Labute approximate surface area is 117 Å². The van der Waals surface area contributed by atoms with Gasteiger partial charge in [-0.3, -0.25) is 0 Å². The molecule has 1 aromatic carbocycles. The molecule has 1 saturated carbocycles. The van der Waals surface area contributed by atoms with E-state index in [1.54, 1.807) is 6.07 Å². The summed E-state index contributed by atoms with van der Waals surface area (Å²) in [6.45, 7) is 0.647. The number of halogens is 2. The van der Waals surface area contributed by atoms with Crippen LogP contribution in [-0.2, 0) is 0 Å². The van der Waals surface area contributed by atoms with Gasteiger partial charge in [0.1, 0.15) is 0 Å². The number of carbonyl (C=O) groups excluding carboxylic acids is 1. The maximum absolute atomic E-state index is 13.6. The molecule has 0 unspecified atom stereocenters. The van der Waals surface area contributed by atoms with Crippen molar-refractivity contribution < 1.29 is 9.18 Å². The molecule has 0 spiro atoms. The molecular weight excluding hydrogens is 267 g/mol. The van der Waals surface area contributed by atoms with Crippen molar-refractivity contribution in [1.29, 1.82) is 0 Å². The van der Waals surface area contributed by atoms with Crippen molar-refractivity contribution in [2.75, 3.05) is 11.9 Å². The summed E-state index contributed by atoms with van der Waals surface area (Å²) in [7, 11) is 0. The minimum atomic E-state index is -0.600. The normalized spacial score (nSPS) is 16.1. The molecule has 19 heavy (non-hydrogen) atoms. The van der Waals surface area contributed by atoms with E-state index in [4.69, 9.17) is 11.6 Å². The molecular formula is C14H18ClFN2O. The highest BCUT2D eigenvalue weighted by atomic mass is 35.5. The summed E-state index contributed by atoms with van der Waals surface area (Å²) < 4.78 is 13.6. The molecule has 0 heterocycles. The molecule has 1 fully saturated rings. The highest BCUT2D eigenvalue weighted by molar-refractivity contribution is 6.31. The van der Waals surface area contributed by atoms with Crippen LogP contribution in [0.4, 0.5) is 14.9 Å². The first-order valence-electron chi connectivity index (χ1n) is 6.65. The quantitative estimate of drug-likeness (QED) is 0.859. The zero-order valence-corrected chi connectivity index (χ0v) is 11.5. The van der Waals surface area contributed by atoms with Crippen LogP contribution in [-0.4, -0.2) is 12.6 Å². The van der Waals surface area contributed by atoms with Gasteiger partial charge in [0.25, 0.3) is 0 Å². The number of rotatable bonds is 3. The highest BCUT2D eigenvalue weighted by Gasteiger charge is 2.15. The Balaban J connectivity index is 1.82. The summed E-state index contributed by atoms with van der Waals surface area (Å²) >= 11 is 5.65. The van der Waals surface area contributed by atoms with Gasteiger partial charge in [-0.15, -0.1) is 0 Å². The van der Waals surface area contributed by atoms with Crippen LogP contribution in [0.2, 0.25) is 5.02 Å². The SMILES string of the molecule is O=C(NCC1CCCCC1)Nc1cccc(Cl)c1F. The van der Waals surface area contributed by atoms with Gasteiger partial charge < -0.3 is 10.6 Å². The Morgan fingerprint density at radius 2 is 2.05 bits per heavy atom. The van der Waals surface area contributed by atoms with E-state index < -0.39 is 5.82 Å². The fourth-order valence-corrected chi connectivity index (χ4v) is 2.57. The van der Waals surface area contributed by atoms with Crippen LogP contribution in [0.25, 0.3) is 0 Å². The predicted octanol–water partition coefficient (Wildman–Crippen LogP) is 4.18. The van der Waals surface area contributed by atoms with Gasteiger partial charge in [0.15, 0.2) is 5.82 Å². The third-order valence-corrected chi connectivity index (χ3v) is 3.77. The minimum Gasteiger partial charge on any atom is -0.338 e. The maximum atomic E-state index is 13.6. The number of carbonyl (C=O) groups is 1. The summed E-state index contributed by atoms with van der Waals surface area (Å²) in [6, 6.07) is 4.15. The molecule has 2 amide bonds. The van der Waals surface area contributed by atoms with Gasteiger partial charge in [0, 0.05) is 6.54 Å².